The first-order chi connectivity index (χ1) is 8.20. The Labute approximate surface area is 111 Å². The molecule has 1 N–H and O–H groups in total. The fourth-order valence-corrected chi connectivity index (χ4v) is 2.42. The highest BCUT2D eigenvalue weighted by Crippen LogP contribution is 2.15. The maximum Gasteiger partial charge on any atom is 0.0473 e. The molecule has 0 aliphatic carbocycles. The number of nitrogens with one attached hydrogen (secondary N) is 1. The van der Waals surface area contributed by atoms with Crippen molar-refractivity contribution in [3.63, 3.8) is 0 Å². The van der Waals surface area contributed by atoms with E-state index in [4.69, 9.17) is 0 Å². The molecule has 0 saturated carbocycles. The van der Waals surface area contributed by atoms with Gasteiger partial charge in [0.2, 0.25) is 0 Å². The summed E-state index contributed by atoms with van der Waals surface area (Å²) in [5.41, 5.74) is 4.01. The molecule has 90 valence electrons. The zero-order valence-corrected chi connectivity index (χ0v) is 11.8. The zero-order valence-electron chi connectivity index (χ0n) is 10.2. The molecule has 2 aromatic rings. The molecule has 0 aliphatic rings. The third kappa shape index (κ3) is 2.99. The molecule has 1 aromatic carbocycles. The first-order valence-electron chi connectivity index (χ1n) is 5.74. The lowest BCUT2D eigenvalue weighted by molar-refractivity contribution is 0.752. The molecule has 3 heteroatoms. The lowest BCUT2D eigenvalue weighted by Gasteiger charge is -2.08. The van der Waals surface area contributed by atoms with E-state index in [9.17, 15) is 0 Å². The van der Waals surface area contributed by atoms with Crippen molar-refractivity contribution < 1.29 is 0 Å². The Morgan fingerprint density at radius 3 is 2.82 bits per heavy atom. The molecule has 0 saturated heterocycles. The van der Waals surface area contributed by atoms with Gasteiger partial charge in [0.15, 0.2) is 0 Å². The van der Waals surface area contributed by atoms with E-state index in [-0.39, 0.29) is 0 Å². The van der Waals surface area contributed by atoms with Crippen molar-refractivity contribution in [3.05, 3.63) is 57.8 Å². The van der Waals surface area contributed by atoms with Gasteiger partial charge < -0.3 is 9.88 Å². The SMILES string of the molecule is CNCc1ccn(Cc2cccc(Br)c2)c1C. The Morgan fingerprint density at radius 1 is 1.29 bits per heavy atom. The molecule has 0 atom stereocenters. The Balaban J connectivity index is 2.19. The number of hydrogen-bond acceptors (Lipinski definition) is 1. The first kappa shape index (κ1) is 12.4. The van der Waals surface area contributed by atoms with Crippen LogP contribution in [0.3, 0.4) is 0 Å². The Kier molecular flexibility index (Phi) is 4.02. The number of aromatic nitrogens is 1. The predicted octanol–water partition coefficient (Wildman–Crippen LogP) is 3.33. The van der Waals surface area contributed by atoms with Gasteiger partial charge >= 0.3 is 0 Å². The van der Waals surface area contributed by atoms with Crippen LogP contribution < -0.4 is 5.32 Å². The molecule has 2 rings (SSSR count). The van der Waals surface area contributed by atoms with Gasteiger partial charge in [-0.1, -0.05) is 28.1 Å². The molecule has 2 nitrogen and oxygen atoms in total. The van der Waals surface area contributed by atoms with E-state index in [0.29, 0.717) is 0 Å². The lowest BCUT2D eigenvalue weighted by atomic mass is 10.2. The van der Waals surface area contributed by atoms with Crippen LogP contribution in [0.1, 0.15) is 16.8 Å². The zero-order chi connectivity index (χ0) is 12.3. The van der Waals surface area contributed by atoms with Gasteiger partial charge in [-0.05, 0) is 43.3 Å². The molecular weight excluding hydrogens is 276 g/mol. The van der Waals surface area contributed by atoms with Crippen molar-refractivity contribution in [1.29, 1.82) is 0 Å². The van der Waals surface area contributed by atoms with Gasteiger partial charge in [0.05, 0.1) is 0 Å². The maximum atomic E-state index is 3.50. The largest absolute Gasteiger partial charge is 0.347 e. The van der Waals surface area contributed by atoms with Crippen LogP contribution in [0.15, 0.2) is 41.0 Å². The second-order valence-corrected chi connectivity index (χ2v) is 5.13. The van der Waals surface area contributed by atoms with Gasteiger partial charge in [-0.25, -0.2) is 0 Å². The molecule has 0 aliphatic heterocycles. The van der Waals surface area contributed by atoms with Gasteiger partial charge in [-0.2, -0.15) is 0 Å². The van der Waals surface area contributed by atoms with Gasteiger partial charge in [-0.15, -0.1) is 0 Å². The Morgan fingerprint density at radius 2 is 2.12 bits per heavy atom. The van der Waals surface area contributed by atoms with Crippen LogP contribution in [0, 0.1) is 6.92 Å². The molecule has 1 aromatic heterocycles. The summed E-state index contributed by atoms with van der Waals surface area (Å²) >= 11 is 3.50. The minimum Gasteiger partial charge on any atom is -0.347 e. The highest BCUT2D eigenvalue weighted by Gasteiger charge is 2.04. The number of rotatable bonds is 4. The Bertz CT molecular complexity index is 503. The van der Waals surface area contributed by atoms with E-state index in [1.165, 1.54) is 16.8 Å². The van der Waals surface area contributed by atoms with Gasteiger partial charge in [0.1, 0.15) is 0 Å². The quantitative estimate of drug-likeness (QED) is 0.915. The highest BCUT2D eigenvalue weighted by molar-refractivity contribution is 9.10. The highest BCUT2D eigenvalue weighted by atomic mass is 79.9. The number of benzene rings is 1. The molecule has 0 unspecified atom stereocenters. The van der Waals surface area contributed by atoms with Crippen LogP contribution in [-0.2, 0) is 13.1 Å². The second kappa shape index (κ2) is 5.52. The van der Waals surface area contributed by atoms with Crippen LogP contribution in [0.2, 0.25) is 0 Å². The molecular formula is C14H17BrN2. The minimum atomic E-state index is 0.926. The number of hydrogen-bond donors (Lipinski definition) is 1. The molecule has 0 amide bonds. The summed E-state index contributed by atoms with van der Waals surface area (Å²) < 4.78 is 3.42. The second-order valence-electron chi connectivity index (χ2n) is 4.21. The van der Waals surface area contributed by atoms with Crippen LogP contribution in [0.4, 0.5) is 0 Å². The standard InChI is InChI=1S/C14H17BrN2/c1-11-13(9-16-2)6-7-17(11)10-12-4-3-5-14(15)8-12/h3-8,16H,9-10H2,1-2H3. The summed E-state index contributed by atoms with van der Waals surface area (Å²) in [5, 5.41) is 3.19. The fourth-order valence-electron chi connectivity index (χ4n) is 1.98. The Hall–Kier alpha value is -1.06. The lowest BCUT2D eigenvalue weighted by Crippen LogP contribution is -2.07. The minimum absolute atomic E-state index is 0.926. The van der Waals surface area contributed by atoms with Crippen LogP contribution in [0.25, 0.3) is 0 Å². The van der Waals surface area contributed by atoms with Crippen molar-refractivity contribution >= 4 is 15.9 Å². The summed E-state index contributed by atoms with van der Waals surface area (Å²) in [5.74, 6) is 0. The average Bonchev–Trinajstić information content (AvgIpc) is 2.62. The van der Waals surface area contributed by atoms with Crippen molar-refractivity contribution in [2.75, 3.05) is 7.05 Å². The summed E-state index contributed by atoms with van der Waals surface area (Å²) in [6.07, 6.45) is 2.16. The summed E-state index contributed by atoms with van der Waals surface area (Å²) in [4.78, 5) is 0. The van der Waals surface area contributed by atoms with Gasteiger partial charge in [-0.3, -0.25) is 0 Å². The van der Waals surface area contributed by atoms with E-state index in [0.717, 1.165) is 17.6 Å². The van der Waals surface area contributed by atoms with E-state index in [2.05, 4.69) is 69.3 Å². The molecule has 0 bridgehead atoms. The number of halogens is 1. The van der Waals surface area contributed by atoms with Crippen molar-refractivity contribution in [2.24, 2.45) is 0 Å². The third-order valence-electron chi connectivity index (χ3n) is 2.96. The summed E-state index contributed by atoms with van der Waals surface area (Å²) in [7, 11) is 1.98. The topological polar surface area (TPSA) is 17.0 Å². The van der Waals surface area contributed by atoms with Crippen LogP contribution in [0.5, 0.6) is 0 Å². The first-order valence-corrected chi connectivity index (χ1v) is 6.53. The molecule has 0 fully saturated rings. The van der Waals surface area contributed by atoms with E-state index in [1.54, 1.807) is 0 Å². The normalized spacial score (nSPS) is 10.8. The van der Waals surface area contributed by atoms with Crippen molar-refractivity contribution in [1.82, 2.24) is 9.88 Å². The van der Waals surface area contributed by atoms with E-state index in [1.807, 2.05) is 7.05 Å². The number of nitrogens with zero attached hydrogens (tertiary/aromatic N) is 1. The summed E-state index contributed by atoms with van der Waals surface area (Å²) in [6, 6.07) is 10.6. The molecule has 0 radical (unpaired) electrons. The molecule has 1 heterocycles. The van der Waals surface area contributed by atoms with Crippen LogP contribution in [-0.4, -0.2) is 11.6 Å². The van der Waals surface area contributed by atoms with Crippen molar-refractivity contribution in [3.8, 4) is 0 Å². The smallest absolute Gasteiger partial charge is 0.0473 e. The molecule has 0 spiro atoms. The van der Waals surface area contributed by atoms with E-state index >= 15 is 0 Å². The fraction of sp³-hybridized carbons (Fsp3) is 0.286. The monoisotopic (exact) mass is 292 g/mol. The van der Waals surface area contributed by atoms with Gasteiger partial charge in [0.25, 0.3) is 0 Å². The third-order valence-corrected chi connectivity index (χ3v) is 3.45. The van der Waals surface area contributed by atoms with Crippen molar-refractivity contribution in [2.45, 2.75) is 20.0 Å². The summed E-state index contributed by atoms with van der Waals surface area (Å²) in [6.45, 7) is 4.02. The maximum absolute atomic E-state index is 3.50. The van der Waals surface area contributed by atoms with Crippen LogP contribution >= 0.6 is 15.9 Å². The van der Waals surface area contributed by atoms with Gasteiger partial charge in [0, 0.05) is 29.5 Å². The predicted molar refractivity (Wildman–Crippen MR) is 75.2 cm³/mol. The average molecular weight is 293 g/mol. The molecule has 17 heavy (non-hydrogen) atoms. The van der Waals surface area contributed by atoms with E-state index < -0.39 is 0 Å².